The van der Waals surface area contributed by atoms with Gasteiger partial charge in [-0.1, -0.05) is 19.1 Å². The Kier molecular flexibility index (Phi) is 7.74. The molecular formula is C20H25FN2O3. The van der Waals surface area contributed by atoms with Gasteiger partial charge in [-0.25, -0.2) is 9.18 Å². The van der Waals surface area contributed by atoms with E-state index in [2.05, 4.69) is 12.2 Å². The Hall–Kier alpha value is -2.76. The monoisotopic (exact) mass is 360 g/mol. The van der Waals surface area contributed by atoms with Crippen LogP contribution in [0.1, 0.15) is 18.9 Å². The first-order valence-electron chi connectivity index (χ1n) is 8.67. The molecule has 0 spiro atoms. The number of carbonyl (C=O) groups is 1. The smallest absolute Gasteiger partial charge is 0.317 e. The summed E-state index contributed by atoms with van der Waals surface area (Å²) in [6, 6.07) is 13.3. The first-order valence-corrected chi connectivity index (χ1v) is 8.67. The largest absolute Gasteiger partial charge is 0.494 e. The van der Waals surface area contributed by atoms with Gasteiger partial charge in [-0.15, -0.1) is 0 Å². The molecule has 0 radical (unpaired) electrons. The Morgan fingerprint density at radius 3 is 2.54 bits per heavy atom. The molecule has 0 aliphatic carbocycles. The first kappa shape index (κ1) is 19.6. The third-order valence-electron chi connectivity index (χ3n) is 3.67. The number of benzene rings is 2. The standard InChI is InChI=1S/C20H25FN2O3/c1-3-12-25-19-6-4-5-16(14-19)15-22-20(24)23(2)11-13-26-18-9-7-17(21)8-10-18/h4-10,14H,3,11-13,15H2,1-2H3,(H,22,24). The summed E-state index contributed by atoms with van der Waals surface area (Å²) < 4.78 is 23.9. The molecule has 6 heteroatoms. The maximum atomic E-state index is 12.8. The Balaban J connectivity index is 1.72. The Morgan fingerprint density at radius 2 is 1.81 bits per heavy atom. The second-order valence-corrected chi connectivity index (χ2v) is 5.88. The summed E-state index contributed by atoms with van der Waals surface area (Å²) >= 11 is 0. The zero-order valence-electron chi connectivity index (χ0n) is 15.2. The van der Waals surface area contributed by atoms with E-state index >= 15 is 0 Å². The Bertz CT molecular complexity index is 692. The van der Waals surface area contributed by atoms with E-state index in [-0.39, 0.29) is 11.8 Å². The van der Waals surface area contributed by atoms with Crippen LogP contribution >= 0.6 is 0 Å². The number of urea groups is 1. The van der Waals surface area contributed by atoms with Gasteiger partial charge in [0.15, 0.2) is 0 Å². The number of halogens is 1. The highest BCUT2D eigenvalue weighted by Crippen LogP contribution is 2.13. The van der Waals surface area contributed by atoms with Crippen LogP contribution in [0.15, 0.2) is 48.5 Å². The molecule has 26 heavy (non-hydrogen) atoms. The number of rotatable bonds is 9. The second kappa shape index (κ2) is 10.3. The maximum Gasteiger partial charge on any atom is 0.317 e. The molecule has 2 aromatic rings. The average Bonchev–Trinajstić information content (AvgIpc) is 2.66. The quantitative estimate of drug-likeness (QED) is 0.739. The van der Waals surface area contributed by atoms with Crippen LogP contribution < -0.4 is 14.8 Å². The summed E-state index contributed by atoms with van der Waals surface area (Å²) in [6.07, 6.45) is 0.950. The van der Waals surface area contributed by atoms with Crippen LogP contribution in [0.2, 0.25) is 0 Å². The third-order valence-corrected chi connectivity index (χ3v) is 3.67. The third kappa shape index (κ3) is 6.63. The predicted octanol–water partition coefficient (Wildman–Crippen LogP) is 3.83. The van der Waals surface area contributed by atoms with Gasteiger partial charge in [0, 0.05) is 13.6 Å². The number of amides is 2. The lowest BCUT2D eigenvalue weighted by Gasteiger charge is -2.18. The van der Waals surface area contributed by atoms with Crippen LogP contribution in [0, 0.1) is 5.82 Å². The summed E-state index contributed by atoms with van der Waals surface area (Å²) in [7, 11) is 1.70. The van der Waals surface area contributed by atoms with Crippen molar-refractivity contribution in [2.45, 2.75) is 19.9 Å². The first-order chi connectivity index (χ1) is 12.6. The molecule has 0 saturated heterocycles. The van der Waals surface area contributed by atoms with Gasteiger partial charge in [-0.2, -0.15) is 0 Å². The molecule has 2 rings (SSSR count). The van der Waals surface area contributed by atoms with E-state index < -0.39 is 0 Å². The van der Waals surface area contributed by atoms with Crippen molar-refractivity contribution in [3.05, 3.63) is 59.9 Å². The highest BCUT2D eigenvalue weighted by molar-refractivity contribution is 5.73. The number of ether oxygens (including phenoxy) is 2. The molecule has 0 aliphatic heterocycles. The van der Waals surface area contributed by atoms with Gasteiger partial charge in [-0.05, 0) is 48.4 Å². The van der Waals surface area contributed by atoms with Gasteiger partial charge in [0.1, 0.15) is 23.9 Å². The van der Waals surface area contributed by atoms with Crippen LogP contribution in [-0.2, 0) is 6.54 Å². The van der Waals surface area contributed by atoms with E-state index in [1.165, 1.54) is 12.1 Å². The number of hydrogen-bond acceptors (Lipinski definition) is 3. The average molecular weight is 360 g/mol. The molecule has 0 saturated carbocycles. The lowest BCUT2D eigenvalue weighted by Crippen LogP contribution is -2.39. The predicted molar refractivity (Wildman–Crippen MR) is 99.0 cm³/mol. The van der Waals surface area contributed by atoms with E-state index in [0.29, 0.717) is 32.1 Å². The van der Waals surface area contributed by atoms with Crippen molar-refractivity contribution in [3.8, 4) is 11.5 Å². The summed E-state index contributed by atoms with van der Waals surface area (Å²) in [6.45, 7) is 3.90. The number of carbonyl (C=O) groups excluding carboxylic acids is 1. The molecule has 0 heterocycles. The van der Waals surface area contributed by atoms with Gasteiger partial charge >= 0.3 is 6.03 Å². The normalized spacial score (nSPS) is 10.3. The fourth-order valence-corrected chi connectivity index (χ4v) is 2.21. The number of nitrogens with one attached hydrogen (secondary N) is 1. The molecule has 2 amide bonds. The lowest BCUT2D eigenvalue weighted by molar-refractivity contribution is 0.195. The second-order valence-electron chi connectivity index (χ2n) is 5.88. The van der Waals surface area contributed by atoms with Crippen molar-refractivity contribution in [2.24, 2.45) is 0 Å². The molecule has 140 valence electrons. The van der Waals surface area contributed by atoms with Crippen LogP contribution in [0.3, 0.4) is 0 Å². The zero-order chi connectivity index (χ0) is 18.8. The number of hydrogen-bond donors (Lipinski definition) is 1. The molecule has 2 aromatic carbocycles. The molecule has 5 nitrogen and oxygen atoms in total. The minimum Gasteiger partial charge on any atom is -0.494 e. The van der Waals surface area contributed by atoms with E-state index in [0.717, 1.165) is 17.7 Å². The van der Waals surface area contributed by atoms with Crippen molar-refractivity contribution in [2.75, 3.05) is 26.8 Å². The van der Waals surface area contributed by atoms with Crippen molar-refractivity contribution >= 4 is 6.03 Å². The fraction of sp³-hybridized carbons (Fsp3) is 0.350. The van der Waals surface area contributed by atoms with Gasteiger partial charge < -0.3 is 19.7 Å². The number of likely N-dealkylation sites (N-methyl/N-ethyl adjacent to an activating group) is 1. The van der Waals surface area contributed by atoms with Crippen molar-refractivity contribution in [3.63, 3.8) is 0 Å². The summed E-state index contributed by atoms with van der Waals surface area (Å²) in [4.78, 5) is 13.7. The topological polar surface area (TPSA) is 50.8 Å². The van der Waals surface area contributed by atoms with Crippen LogP contribution in [0.4, 0.5) is 9.18 Å². The summed E-state index contributed by atoms with van der Waals surface area (Å²) in [5, 5.41) is 2.86. The van der Waals surface area contributed by atoms with E-state index in [9.17, 15) is 9.18 Å². The van der Waals surface area contributed by atoms with Crippen molar-refractivity contribution < 1.29 is 18.7 Å². The lowest BCUT2D eigenvalue weighted by atomic mass is 10.2. The summed E-state index contributed by atoms with van der Waals surface area (Å²) in [5.41, 5.74) is 0.975. The van der Waals surface area contributed by atoms with Crippen LogP contribution in [0.25, 0.3) is 0 Å². The van der Waals surface area contributed by atoms with Gasteiger partial charge in [0.2, 0.25) is 0 Å². The van der Waals surface area contributed by atoms with Gasteiger partial charge in [0.05, 0.1) is 13.2 Å². The molecular weight excluding hydrogens is 335 g/mol. The minimum absolute atomic E-state index is 0.187. The van der Waals surface area contributed by atoms with Crippen molar-refractivity contribution in [1.82, 2.24) is 10.2 Å². The van der Waals surface area contributed by atoms with Gasteiger partial charge in [0.25, 0.3) is 0 Å². The molecule has 0 atom stereocenters. The molecule has 0 aromatic heterocycles. The molecule has 0 bridgehead atoms. The maximum absolute atomic E-state index is 12.8. The SMILES string of the molecule is CCCOc1cccc(CNC(=O)N(C)CCOc2ccc(F)cc2)c1. The zero-order valence-corrected chi connectivity index (χ0v) is 15.2. The van der Waals surface area contributed by atoms with E-state index in [1.807, 2.05) is 24.3 Å². The summed E-state index contributed by atoms with van der Waals surface area (Å²) in [5.74, 6) is 1.07. The highest BCUT2D eigenvalue weighted by atomic mass is 19.1. The Labute approximate surface area is 153 Å². The van der Waals surface area contributed by atoms with Crippen molar-refractivity contribution in [1.29, 1.82) is 0 Å². The minimum atomic E-state index is -0.307. The van der Waals surface area contributed by atoms with Gasteiger partial charge in [-0.3, -0.25) is 0 Å². The van der Waals surface area contributed by atoms with Crippen LogP contribution in [-0.4, -0.2) is 37.7 Å². The van der Waals surface area contributed by atoms with E-state index in [4.69, 9.17) is 9.47 Å². The molecule has 1 N–H and O–H groups in total. The Morgan fingerprint density at radius 1 is 1.08 bits per heavy atom. The van der Waals surface area contributed by atoms with Crippen LogP contribution in [0.5, 0.6) is 11.5 Å². The molecule has 0 aliphatic rings. The highest BCUT2D eigenvalue weighted by Gasteiger charge is 2.08. The fourth-order valence-electron chi connectivity index (χ4n) is 2.21. The molecule has 0 fully saturated rings. The number of nitrogens with zero attached hydrogens (tertiary/aromatic N) is 1. The van der Waals surface area contributed by atoms with E-state index in [1.54, 1.807) is 24.1 Å². The molecule has 0 unspecified atom stereocenters.